The molecule has 0 aromatic heterocycles. The normalized spacial score (nSPS) is 11.8. The zero-order chi connectivity index (χ0) is 18.2. The molecule has 0 rings (SSSR count). The van der Waals surface area contributed by atoms with E-state index < -0.39 is 13.3 Å². The molecule has 0 bridgehead atoms. The molecule has 1 unspecified atom stereocenters. The first-order chi connectivity index (χ1) is 11.5. The van der Waals surface area contributed by atoms with Gasteiger partial charge in [0.05, 0.1) is 6.61 Å². The van der Waals surface area contributed by atoms with Crippen LogP contribution in [0.4, 0.5) is 0 Å². The number of methoxy groups -OCH3 is 1. The first-order valence-electron chi connectivity index (χ1n) is 8.38. The summed E-state index contributed by atoms with van der Waals surface area (Å²) >= 11 is 0.107. The number of nitrogens with one attached hydrogen (secondary N) is 2. The number of unbranched alkanes of at least 4 members (excludes halogenated alkanes) is 2. The van der Waals surface area contributed by atoms with Gasteiger partial charge in [-0.1, -0.05) is 0 Å². The molecule has 7 nitrogen and oxygen atoms in total. The summed E-state index contributed by atoms with van der Waals surface area (Å²) in [4.78, 5) is 22.5. The molecule has 0 saturated heterocycles. The van der Waals surface area contributed by atoms with Crippen LogP contribution in [0.25, 0.3) is 0 Å². The molecule has 0 saturated carbocycles. The van der Waals surface area contributed by atoms with Crippen molar-refractivity contribution in [3.05, 3.63) is 0 Å². The van der Waals surface area contributed by atoms with Gasteiger partial charge >= 0.3 is 132 Å². The predicted molar refractivity (Wildman–Crippen MR) is 103 cm³/mol. The fourth-order valence-corrected chi connectivity index (χ4v) is 7.34. The van der Waals surface area contributed by atoms with E-state index in [-0.39, 0.29) is 24.3 Å². The Bertz CT molecular complexity index is 350. The molecule has 0 aliphatic carbocycles. The number of aliphatic hydroxyl groups is 1. The second kappa shape index (κ2) is 16.6. The van der Waals surface area contributed by atoms with Crippen LogP contribution in [0.1, 0.15) is 45.4 Å². The third-order valence-corrected chi connectivity index (χ3v) is 9.33. The number of halogens is 1. The van der Waals surface area contributed by atoms with E-state index in [1.165, 1.54) is 6.92 Å². The third-order valence-electron chi connectivity index (χ3n) is 3.40. The van der Waals surface area contributed by atoms with E-state index in [2.05, 4.69) is 29.0 Å². The molecule has 0 heterocycles. The number of rotatable bonds is 15. The molecule has 0 radical (unpaired) electrons. The van der Waals surface area contributed by atoms with Crippen LogP contribution < -0.4 is 9.34 Å². The van der Waals surface area contributed by atoms with E-state index in [0.717, 1.165) is 32.1 Å². The first kappa shape index (κ1) is 24.2. The second-order valence-electron chi connectivity index (χ2n) is 5.69. The Balaban J connectivity index is 3.45. The molecule has 3 N–H and O–H groups in total. The summed E-state index contributed by atoms with van der Waals surface area (Å²) < 4.78 is 13.4. The molecule has 1 atom stereocenters. The minimum absolute atomic E-state index is 0.0405. The molecule has 140 valence electrons. The van der Waals surface area contributed by atoms with E-state index in [0.29, 0.717) is 26.2 Å². The summed E-state index contributed by atoms with van der Waals surface area (Å²) in [5, 5.41) is 12.1. The fourth-order valence-electron chi connectivity index (χ4n) is 2.11. The minimum atomic E-state index is -2.08. The molecule has 0 fully saturated rings. The van der Waals surface area contributed by atoms with Crippen LogP contribution in [-0.2, 0) is 17.9 Å². The van der Waals surface area contributed by atoms with Crippen molar-refractivity contribution in [3.8, 4) is 0 Å². The molecule has 0 aliphatic heterocycles. The van der Waals surface area contributed by atoms with Gasteiger partial charge in [0, 0.05) is 13.7 Å². The van der Waals surface area contributed by atoms with Gasteiger partial charge in [-0.15, -0.1) is 0 Å². The molecular weight excluding hydrogens is 485 g/mol. The number of hydrogen-bond acceptors (Lipinski definition) is 5. The summed E-state index contributed by atoms with van der Waals surface area (Å²) in [6.45, 7) is 3.49. The molecule has 0 aromatic carbocycles. The van der Waals surface area contributed by atoms with E-state index in [1.54, 1.807) is 7.11 Å². The van der Waals surface area contributed by atoms with Crippen LogP contribution in [0, 0.1) is 5.92 Å². The fraction of sp³-hybridized carbons (Fsp3) is 0.867. The van der Waals surface area contributed by atoms with Crippen molar-refractivity contribution in [2.75, 3.05) is 33.5 Å². The van der Waals surface area contributed by atoms with Gasteiger partial charge in [-0.25, -0.2) is 0 Å². The Morgan fingerprint density at radius 1 is 1.25 bits per heavy atom. The summed E-state index contributed by atoms with van der Waals surface area (Å²) in [7, 11) is 1.64. The van der Waals surface area contributed by atoms with Crippen molar-refractivity contribution in [1.29, 1.82) is 0 Å². The van der Waals surface area contributed by atoms with Crippen molar-refractivity contribution in [3.63, 3.8) is 0 Å². The molecule has 24 heavy (non-hydrogen) atoms. The molecule has 0 aromatic rings. The van der Waals surface area contributed by atoms with E-state index in [9.17, 15) is 9.59 Å². The monoisotopic (exact) mass is 514 g/mol. The number of hydrogen-bond donors (Lipinski definition) is 3. The summed E-state index contributed by atoms with van der Waals surface area (Å²) in [5.74, 6) is 0.219. The van der Waals surface area contributed by atoms with Gasteiger partial charge in [-0.3, -0.25) is 0 Å². The third kappa shape index (κ3) is 15.7. The van der Waals surface area contributed by atoms with Gasteiger partial charge in [0.1, 0.15) is 0 Å². The maximum atomic E-state index is 11.7. The van der Waals surface area contributed by atoms with Crippen LogP contribution in [0.2, 0.25) is 0 Å². The van der Waals surface area contributed by atoms with Crippen molar-refractivity contribution >= 4 is 44.8 Å². The number of aliphatic hydroxyl groups excluding tert-OH is 1. The molecule has 0 aliphatic rings. The van der Waals surface area contributed by atoms with Crippen molar-refractivity contribution in [2.24, 2.45) is 5.92 Å². The van der Waals surface area contributed by atoms with Crippen molar-refractivity contribution in [1.82, 2.24) is 9.34 Å². The van der Waals surface area contributed by atoms with Gasteiger partial charge in [-0.2, -0.15) is 0 Å². The number of ether oxygens (including phenoxy) is 1. The maximum absolute atomic E-state index is 11.7. The number of carbonyl (C=O) groups is 2. The predicted octanol–water partition coefficient (Wildman–Crippen LogP) is 1.27. The SMILES string of the molecule is COCC(CO)CCCCNC(=O)CCCC[O][Ga]([I])[NH]C(C)=O. The standard InChI is InChI=1S/C13H26NO4.C2H5NO.Ga.HI/c1-18-11-12(10-16)6-2-4-8-14-13(17)7-3-5-9-15;1-2(3)4;;/h12,16H,2-11H2,1H3,(H,14,17);1H3,(H2,3,4);;1H/q-1;;+3;/p-2. The Morgan fingerprint density at radius 2 is 2.00 bits per heavy atom. The molecule has 2 amide bonds. The second-order valence-corrected chi connectivity index (χ2v) is 14.2. The van der Waals surface area contributed by atoms with Crippen LogP contribution in [0.3, 0.4) is 0 Å². The summed E-state index contributed by atoms with van der Waals surface area (Å²) in [5.41, 5.74) is 0. The van der Waals surface area contributed by atoms with Gasteiger partial charge in [0.25, 0.3) is 0 Å². The molecule has 0 spiro atoms. The average molecular weight is 515 g/mol. The van der Waals surface area contributed by atoms with Gasteiger partial charge in [0.15, 0.2) is 0 Å². The van der Waals surface area contributed by atoms with Crippen LogP contribution in [-0.4, -0.2) is 63.7 Å². The number of amides is 2. The zero-order valence-electron chi connectivity index (χ0n) is 14.7. The van der Waals surface area contributed by atoms with E-state index >= 15 is 0 Å². The number of carbonyl (C=O) groups excluding carboxylic acids is 2. The van der Waals surface area contributed by atoms with Gasteiger partial charge in [0.2, 0.25) is 0 Å². The van der Waals surface area contributed by atoms with Gasteiger partial charge < -0.3 is 9.84 Å². The van der Waals surface area contributed by atoms with Crippen molar-refractivity contribution < 1.29 is 23.0 Å². The Kier molecular flexibility index (Phi) is 16.8. The van der Waals surface area contributed by atoms with Crippen LogP contribution in [0.5, 0.6) is 0 Å². The van der Waals surface area contributed by atoms with Crippen LogP contribution in [0.15, 0.2) is 0 Å². The topological polar surface area (TPSA) is 96.9 Å². The Labute approximate surface area is 161 Å². The van der Waals surface area contributed by atoms with Gasteiger partial charge in [-0.05, 0) is 0 Å². The first-order valence-corrected chi connectivity index (χ1v) is 18.0. The molecular formula is C15H30GaIN2O5. The quantitative estimate of drug-likeness (QED) is 0.174. The Hall–Kier alpha value is 0.186. The molecule has 9 heteroatoms. The zero-order valence-corrected chi connectivity index (χ0v) is 19.3. The average Bonchev–Trinajstić information content (AvgIpc) is 2.52. The summed E-state index contributed by atoms with van der Waals surface area (Å²) in [6.07, 6.45) is 4.91. The van der Waals surface area contributed by atoms with E-state index in [1.807, 2.05) is 0 Å². The van der Waals surface area contributed by atoms with Crippen molar-refractivity contribution in [2.45, 2.75) is 45.4 Å². The van der Waals surface area contributed by atoms with E-state index in [4.69, 9.17) is 13.4 Å². The summed E-state index contributed by atoms with van der Waals surface area (Å²) in [6, 6.07) is 0. The van der Waals surface area contributed by atoms with Crippen LogP contribution >= 0.6 is 19.7 Å². The Morgan fingerprint density at radius 3 is 2.62 bits per heavy atom.